The molecule has 3 atom stereocenters. The van der Waals surface area contributed by atoms with Gasteiger partial charge in [0.15, 0.2) is 11.6 Å². The molecule has 1 fully saturated rings. The molecule has 1 aromatic heterocycles. The Balaban J connectivity index is 1.80. The number of aromatic nitrogens is 1. The third-order valence-corrected chi connectivity index (χ3v) is 5.13. The van der Waals surface area contributed by atoms with Gasteiger partial charge in [-0.2, -0.15) is 0 Å². The number of pyridine rings is 1. The second kappa shape index (κ2) is 8.97. The van der Waals surface area contributed by atoms with Crippen LogP contribution in [0.15, 0.2) is 24.4 Å². The van der Waals surface area contributed by atoms with Crippen molar-refractivity contribution in [2.75, 3.05) is 18.8 Å². The average molecular weight is 424 g/mol. The lowest BCUT2D eigenvalue weighted by Gasteiger charge is -2.22. The van der Waals surface area contributed by atoms with Crippen LogP contribution in [0.5, 0.6) is 5.75 Å². The van der Waals surface area contributed by atoms with Crippen LogP contribution in [0.1, 0.15) is 30.6 Å². The van der Waals surface area contributed by atoms with Gasteiger partial charge >= 0.3 is 0 Å². The van der Waals surface area contributed by atoms with E-state index in [1.165, 1.54) is 12.1 Å². The zero-order chi connectivity index (χ0) is 20.3. The number of nitrogen functional groups attached to an aromatic ring is 1. The third-order valence-electron chi connectivity index (χ3n) is 4.42. The van der Waals surface area contributed by atoms with Gasteiger partial charge in [-0.1, -0.05) is 35.0 Å². The average Bonchev–Trinajstić information content (AvgIpc) is 2.66. The smallest absolute Gasteiger partial charge is 0.166 e. The zero-order valence-corrected chi connectivity index (χ0v) is 16.7. The molecule has 4 N–H and O–H groups in total. The predicted molar refractivity (Wildman–Crippen MR) is 108 cm³/mol. The summed E-state index contributed by atoms with van der Waals surface area (Å²) in [6.45, 7) is 3.01. The zero-order valence-electron chi connectivity index (χ0n) is 15.2. The molecule has 5 nitrogen and oxygen atoms in total. The largest absolute Gasteiger partial charge is 0.482 e. The Hall–Kier alpha value is -2.04. The number of benzene rings is 1. The number of nitrogens with zero attached hydrogens (tertiary/aromatic N) is 1. The van der Waals surface area contributed by atoms with Gasteiger partial charge in [0.25, 0.3) is 0 Å². The van der Waals surface area contributed by atoms with Crippen LogP contribution in [-0.4, -0.2) is 29.3 Å². The summed E-state index contributed by atoms with van der Waals surface area (Å²) in [5, 5.41) is 13.0. The number of piperidine rings is 1. The van der Waals surface area contributed by atoms with Crippen molar-refractivity contribution in [1.29, 1.82) is 0 Å². The number of aliphatic hydroxyl groups excluding tert-OH is 1. The fraction of sp³-hybridized carbons (Fsp3) is 0.350. The van der Waals surface area contributed by atoms with Gasteiger partial charge in [-0.05, 0) is 25.5 Å². The Kier molecular flexibility index (Phi) is 6.63. The highest BCUT2D eigenvalue weighted by molar-refractivity contribution is 6.36. The normalized spacial score (nSPS) is 20.2. The lowest BCUT2D eigenvalue weighted by atomic mass is 9.98. The van der Waals surface area contributed by atoms with E-state index in [1.54, 1.807) is 19.2 Å². The Morgan fingerprint density at radius 2 is 2.18 bits per heavy atom. The Morgan fingerprint density at radius 1 is 1.39 bits per heavy atom. The van der Waals surface area contributed by atoms with Gasteiger partial charge in [-0.3, -0.25) is 0 Å². The molecule has 0 bridgehead atoms. The summed E-state index contributed by atoms with van der Waals surface area (Å²) >= 11 is 12.2. The summed E-state index contributed by atoms with van der Waals surface area (Å²) in [6, 6.07) is 4.29. The number of aliphatic hydroxyl groups is 1. The van der Waals surface area contributed by atoms with E-state index >= 15 is 0 Å². The van der Waals surface area contributed by atoms with Crippen LogP contribution >= 0.6 is 23.2 Å². The molecular formula is C20H20Cl2FN3O2. The van der Waals surface area contributed by atoms with Gasteiger partial charge in [0.05, 0.1) is 11.1 Å². The third kappa shape index (κ3) is 4.86. The number of ether oxygens (including phenoxy) is 1. The first-order chi connectivity index (χ1) is 13.3. The molecule has 148 valence electrons. The molecule has 2 aromatic rings. The van der Waals surface area contributed by atoms with E-state index in [0.29, 0.717) is 34.9 Å². The summed E-state index contributed by atoms with van der Waals surface area (Å²) in [5.74, 6) is 6.11. The van der Waals surface area contributed by atoms with Crippen molar-refractivity contribution in [2.24, 2.45) is 5.92 Å². The van der Waals surface area contributed by atoms with Crippen molar-refractivity contribution in [1.82, 2.24) is 10.3 Å². The van der Waals surface area contributed by atoms with E-state index in [-0.39, 0.29) is 16.8 Å². The van der Waals surface area contributed by atoms with E-state index in [2.05, 4.69) is 22.1 Å². The Morgan fingerprint density at radius 3 is 2.93 bits per heavy atom. The van der Waals surface area contributed by atoms with E-state index < -0.39 is 18.0 Å². The molecule has 0 amide bonds. The molecule has 0 spiro atoms. The van der Waals surface area contributed by atoms with Crippen molar-refractivity contribution in [3.63, 3.8) is 0 Å². The summed E-state index contributed by atoms with van der Waals surface area (Å²) in [5.41, 5.74) is 6.86. The number of halogens is 3. The summed E-state index contributed by atoms with van der Waals surface area (Å²) in [4.78, 5) is 4.11. The van der Waals surface area contributed by atoms with E-state index in [4.69, 9.17) is 33.7 Å². The predicted octanol–water partition coefficient (Wildman–Crippen LogP) is 3.57. The fourth-order valence-electron chi connectivity index (χ4n) is 3.00. The van der Waals surface area contributed by atoms with Gasteiger partial charge in [0.1, 0.15) is 11.9 Å². The van der Waals surface area contributed by atoms with Crippen LogP contribution < -0.4 is 15.8 Å². The van der Waals surface area contributed by atoms with E-state index in [0.717, 1.165) is 6.54 Å². The fourth-order valence-corrected chi connectivity index (χ4v) is 3.68. The van der Waals surface area contributed by atoms with Crippen LogP contribution in [0.25, 0.3) is 0 Å². The van der Waals surface area contributed by atoms with Crippen molar-refractivity contribution >= 4 is 29.0 Å². The van der Waals surface area contributed by atoms with Gasteiger partial charge in [0, 0.05) is 47.4 Å². The topological polar surface area (TPSA) is 80.4 Å². The lowest BCUT2D eigenvalue weighted by molar-refractivity contribution is 0.128. The molecule has 1 aliphatic rings. The second-order valence-corrected chi connectivity index (χ2v) is 7.42. The maximum absolute atomic E-state index is 13.8. The van der Waals surface area contributed by atoms with Crippen molar-refractivity contribution in [3.05, 3.63) is 51.4 Å². The molecule has 8 heteroatoms. The maximum Gasteiger partial charge on any atom is 0.166 e. The second-order valence-electron chi connectivity index (χ2n) is 6.64. The van der Waals surface area contributed by atoms with Gasteiger partial charge in [-0.25, -0.2) is 9.37 Å². The minimum Gasteiger partial charge on any atom is -0.482 e. The number of rotatable bonds is 3. The first-order valence-electron chi connectivity index (χ1n) is 8.81. The van der Waals surface area contributed by atoms with Gasteiger partial charge < -0.3 is 20.9 Å². The number of hydrogen-bond donors (Lipinski definition) is 3. The first kappa shape index (κ1) is 20.7. The molecule has 0 radical (unpaired) electrons. The number of nitrogens with one attached hydrogen (secondary N) is 1. The molecule has 2 heterocycles. The minimum absolute atomic E-state index is 0.0505. The van der Waals surface area contributed by atoms with Gasteiger partial charge in [0.2, 0.25) is 0 Å². The lowest BCUT2D eigenvalue weighted by Crippen LogP contribution is -2.38. The van der Waals surface area contributed by atoms with Crippen LogP contribution in [0.2, 0.25) is 10.0 Å². The Bertz CT molecular complexity index is 930. The molecule has 1 saturated heterocycles. The van der Waals surface area contributed by atoms with Crippen molar-refractivity contribution < 1.29 is 14.2 Å². The van der Waals surface area contributed by atoms with Crippen molar-refractivity contribution in [2.45, 2.75) is 25.6 Å². The monoisotopic (exact) mass is 423 g/mol. The maximum atomic E-state index is 13.8. The first-order valence-corrected chi connectivity index (χ1v) is 9.56. The van der Waals surface area contributed by atoms with Crippen LogP contribution in [0, 0.1) is 23.6 Å². The highest BCUT2D eigenvalue weighted by atomic mass is 35.5. The summed E-state index contributed by atoms with van der Waals surface area (Å²) < 4.78 is 19.6. The molecular weight excluding hydrogens is 404 g/mol. The molecule has 3 rings (SSSR count). The van der Waals surface area contributed by atoms with Crippen LogP contribution in [-0.2, 0) is 0 Å². The minimum atomic E-state index is -0.652. The quantitative estimate of drug-likeness (QED) is 0.519. The van der Waals surface area contributed by atoms with Crippen LogP contribution in [0.3, 0.4) is 0 Å². The molecule has 2 unspecified atom stereocenters. The number of hydrogen-bond acceptors (Lipinski definition) is 5. The SMILES string of the molecule is C[C@@H](Oc1cc(C#CC2CNCC(O)C2)cnc1N)c1c(Cl)ccc(F)c1Cl. The standard InChI is InChI=1S/C20H20Cl2FN3O2/c1-11(18-15(21)4-5-16(23)19(18)22)28-17-7-13(9-26-20(17)24)3-2-12-6-14(27)10-25-8-12/h4-5,7,9,11-12,14,25,27H,6,8,10H2,1H3,(H2,24,26)/t11-,12?,14?/m1/s1. The number of β-amino-alcohol motifs (C(OH)–C–C–N with tert-alkyl or cyclic N) is 1. The molecule has 1 aromatic carbocycles. The highest BCUT2D eigenvalue weighted by Crippen LogP contribution is 2.35. The van der Waals surface area contributed by atoms with E-state index in [1.807, 2.05) is 0 Å². The molecule has 0 aliphatic carbocycles. The molecule has 28 heavy (non-hydrogen) atoms. The number of nitrogens with two attached hydrogens (primary N) is 1. The summed E-state index contributed by atoms with van der Waals surface area (Å²) in [7, 11) is 0. The van der Waals surface area contributed by atoms with Crippen molar-refractivity contribution in [3.8, 4) is 17.6 Å². The molecule has 0 saturated carbocycles. The van der Waals surface area contributed by atoms with Crippen LogP contribution in [0.4, 0.5) is 10.2 Å². The highest BCUT2D eigenvalue weighted by Gasteiger charge is 2.20. The summed E-state index contributed by atoms with van der Waals surface area (Å²) in [6.07, 6.45) is 1.13. The Labute approximate surface area is 173 Å². The van der Waals surface area contributed by atoms with E-state index in [9.17, 15) is 9.50 Å². The molecule has 1 aliphatic heterocycles. The van der Waals surface area contributed by atoms with Gasteiger partial charge in [-0.15, -0.1) is 0 Å². The number of anilines is 1.